The van der Waals surface area contributed by atoms with Gasteiger partial charge in [0.05, 0.1) is 4.92 Å². The largest absolute Gasteiger partial charge is 0.477 e. The van der Waals surface area contributed by atoms with Gasteiger partial charge >= 0.3 is 5.97 Å². The number of halogens is 1. The lowest BCUT2D eigenvalue weighted by atomic mass is 10.3. The molecule has 1 N–H and O–H groups in total. The van der Waals surface area contributed by atoms with Gasteiger partial charge in [-0.25, -0.2) is 9.78 Å². The third-order valence-corrected chi connectivity index (χ3v) is 1.62. The molecule has 0 spiro atoms. The fourth-order valence-electron chi connectivity index (χ4n) is 0.698. The van der Waals surface area contributed by atoms with E-state index < -0.39 is 10.9 Å². The van der Waals surface area contributed by atoms with Gasteiger partial charge in [-0.2, -0.15) is 0 Å². The lowest BCUT2D eigenvalue weighted by molar-refractivity contribution is -0.385. The summed E-state index contributed by atoms with van der Waals surface area (Å²) in [7, 11) is 0. The van der Waals surface area contributed by atoms with Crippen LogP contribution in [0.2, 0.25) is 0 Å². The second-order valence-electron chi connectivity index (χ2n) is 2.10. The molecule has 0 bridgehead atoms. The van der Waals surface area contributed by atoms with Crippen molar-refractivity contribution in [2.75, 3.05) is 0 Å². The van der Waals surface area contributed by atoms with Gasteiger partial charge in [0.2, 0.25) is 0 Å². The molecule has 68 valence electrons. The van der Waals surface area contributed by atoms with Crippen molar-refractivity contribution in [1.82, 2.24) is 4.98 Å². The molecule has 1 rings (SSSR count). The van der Waals surface area contributed by atoms with Crippen LogP contribution in [0.4, 0.5) is 5.69 Å². The molecule has 0 saturated heterocycles. The van der Waals surface area contributed by atoms with Crippen molar-refractivity contribution < 1.29 is 14.8 Å². The van der Waals surface area contributed by atoms with Crippen LogP contribution in [-0.2, 0) is 0 Å². The minimum atomic E-state index is -1.30. The molecule has 0 atom stereocenters. The van der Waals surface area contributed by atoms with Crippen LogP contribution >= 0.6 is 15.9 Å². The average molecular weight is 247 g/mol. The number of carboxylic acids is 1. The Labute approximate surface area is 80.5 Å². The Bertz CT molecular complexity index is 347. The maximum atomic E-state index is 10.4. The van der Waals surface area contributed by atoms with Crippen LogP contribution in [0.3, 0.4) is 0 Å². The predicted octanol–water partition coefficient (Wildman–Crippen LogP) is 1.45. The number of carbonyl (C=O) groups is 1. The molecule has 0 aromatic carbocycles. The summed E-state index contributed by atoms with van der Waals surface area (Å²) in [5, 5.41) is 18.8. The minimum Gasteiger partial charge on any atom is -0.477 e. The average Bonchev–Trinajstić information content (AvgIpc) is 2.03. The number of aromatic nitrogens is 1. The molecule has 0 aliphatic heterocycles. The first-order chi connectivity index (χ1) is 6.00. The third kappa shape index (κ3) is 2.22. The van der Waals surface area contributed by atoms with Gasteiger partial charge in [-0.3, -0.25) is 10.1 Å². The van der Waals surface area contributed by atoms with Gasteiger partial charge in [0.25, 0.3) is 5.69 Å². The first-order valence-corrected chi connectivity index (χ1v) is 3.85. The maximum Gasteiger partial charge on any atom is 0.354 e. The first-order valence-electron chi connectivity index (χ1n) is 3.06. The summed E-state index contributed by atoms with van der Waals surface area (Å²) < 4.78 is 0.124. The normalized spacial score (nSPS) is 9.62. The number of hydrogen-bond acceptors (Lipinski definition) is 4. The van der Waals surface area contributed by atoms with Crippen LogP contribution < -0.4 is 0 Å². The van der Waals surface area contributed by atoms with Crippen molar-refractivity contribution in [3.63, 3.8) is 0 Å². The molecule has 1 aromatic rings. The van der Waals surface area contributed by atoms with Gasteiger partial charge in [0.1, 0.15) is 4.60 Å². The van der Waals surface area contributed by atoms with E-state index >= 15 is 0 Å². The molecule has 6 nitrogen and oxygen atoms in total. The van der Waals surface area contributed by atoms with Crippen LogP contribution in [0.25, 0.3) is 0 Å². The van der Waals surface area contributed by atoms with Gasteiger partial charge in [-0.05, 0) is 15.9 Å². The van der Waals surface area contributed by atoms with E-state index in [0.29, 0.717) is 0 Å². The maximum absolute atomic E-state index is 10.4. The summed E-state index contributed by atoms with van der Waals surface area (Å²) in [6.45, 7) is 0. The topological polar surface area (TPSA) is 93.3 Å². The first kappa shape index (κ1) is 9.59. The van der Waals surface area contributed by atoms with Crippen molar-refractivity contribution in [3.8, 4) is 0 Å². The molecule has 13 heavy (non-hydrogen) atoms. The summed E-state index contributed by atoms with van der Waals surface area (Å²) in [6.07, 6.45) is 0. The van der Waals surface area contributed by atoms with Crippen molar-refractivity contribution >= 4 is 27.6 Å². The molecule has 1 heterocycles. The van der Waals surface area contributed by atoms with Crippen LogP contribution in [0.1, 0.15) is 10.5 Å². The van der Waals surface area contributed by atoms with Crippen LogP contribution in [0.15, 0.2) is 16.7 Å². The summed E-state index contributed by atoms with van der Waals surface area (Å²) in [5.74, 6) is -1.30. The number of carboxylic acid groups (broad SMARTS) is 1. The zero-order valence-electron chi connectivity index (χ0n) is 6.10. The lowest BCUT2D eigenvalue weighted by Crippen LogP contribution is -2.01. The van der Waals surface area contributed by atoms with Gasteiger partial charge in [0, 0.05) is 12.1 Å². The SMILES string of the molecule is O=C(O)c1cc([N+](=O)[O-])cc(Br)n1. The van der Waals surface area contributed by atoms with Crippen molar-refractivity contribution in [3.05, 3.63) is 32.5 Å². The molecule has 0 fully saturated rings. The van der Waals surface area contributed by atoms with Crippen LogP contribution in [0, 0.1) is 10.1 Å². The van der Waals surface area contributed by atoms with Gasteiger partial charge in [-0.1, -0.05) is 0 Å². The van der Waals surface area contributed by atoms with Crippen molar-refractivity contribution in [2.45, 2.75) is 0 Å². The molecule has 0 aliphatic rings. The second kappa shape index (κ2) is 3.48. The molecule has 0 radical (unpaired) electrons. The number of nitrogens with zero attached hydrogens (tertiary/aromatic N) is 2. The highest BCUT2D eigenvalue weighted by molar-refractivity contribution is 9.10. The Balaban J connectivity index is 3.26. The monoisotopic (exact) mass is 246 g/mol. The fraction of sp³-hybridized carbons (Fsp3) is 0. The quantitative estimate of drug-likeness (QED) is 0.484. The summed E-state index contributed by atoms with van der Waals surface area (Å²) in [6, 6.07) is 2.03. The molecule has 0 aliphatic carbocycles. The van der Waals surface area contributed by atoms with E-state index in [-0.39, 0.29) is 16.0 Å². The fourth-order valence-corrected chi connectivity index (χ4v) is 1.12. The van der Waals surface area contributed by atoms with E-state index in [0.717, 1.165) is 12.1 Å². The Morgan fingerprint density at radius 1 is 1.62 bits per heavy atom. The van der Waals surface area contributed by atoms with Crippen molar-refractivity contribution in [2.24, 2.45) is 0 Å². The molecular formula is C6H3BrN2O4. The van der Waals surface area contributed by atoms with E-state index in [2.05, 4.69) is 20.9 Å². The molecule has 1 aromatic heterocycles. The van der Waals surface area contributed by atoms with E-state index in [1.165, 1.54) is 0 Å². The van der Waals surface area contributed by atoms with Crippen LogP contribution in [0.5, 0.6) is 0 Å². The Morgan fingerprint density at radius 2 is 2.23 bits per heavy atom. The Hall–Kier alpha value is -1.50. The zero-order valence-corrected chi connectivity index (χ0v) is 7.69. The van der Waals surface area contributed by atoms with Gasteiger partial charge in [0.15, 0.2) is 5.69 Å². The Kier molecular flexibility index (Phi) is 2.57. The zero-order chi connectivity index (χ0) is 10.0. The van der Waals surface area contributed by atoms with E-state index in [1.54, 1.807) is 0 Å². The third-order valence-electron chi connectivity index (χ3n) is 1.21. The molecule has 0 amide bonds. The Morgan fingerprint density at radius 3 is 2.69 bits per heavy atom. The molecule has 7 heteroatoms. The molecule has 0 unspecified atom stereocenters. The number of pyridine rings is 1. The van der Waals surface area contributed by atoms with Crippen molar-refractivity contribution in [1.29, 1.82) is 0 Å². The number of hydrogen-bond donors (Lipinski definition) is 1. The second-order valence-corrected chi connectivity index (χ2v) is 2.91. The minimum absolute atomic E-state index is 0.124. The number of aromatic carboxylic acids is 1. The highest BCUT2D eigenvalue weighted by atomic mass is 79.9. The predicted molar refractivity (Wildman–Crippen MR) is 45.6 cm³/mol. The van der Waals surface area contributed by atoms with Gasteiger partial charge in [-0.15, -0.1) is 0 Å². The summed E-state index contributed by atoms with van der Waals surface area (Å²) >= 11 is 2.87. The summed E-state index contributed by atoms with van der Waals surface area (Å²) in [4.78, 5) is 23.6. The van der Waals surface area contributed by atoms with Gasteiger partial charge < -0.3 is 5.11 Å². The highest BCUT2D eigenvalue weighted by Crippen LogP contribution is 2.17. The van der Waals surface area contributed by atoms with Crippen LogP contribution in [-0.4, -0.2) is 21.0 Å². The summed E-state index contributed by atoms with van der Waals surface area (Å²) in [5.41, 5.74) is -0.666. The lowest BCUT2D eigenvalue weighted by Gasteiger charge is -1.95. The number of nitro groups is 1. The standard InChI is InChI=1S/C6H3BrN2O4/c7-5-2-3(9(12)13)1-4(8-5)6(10)11/h1-2H,(H,10,11). The molecular weight excluding hydrogens is 244 g/mol. The van der Waals surface area contributed by atoms with E-state index in [9.17, 15) is 14.9 Å². The van der Waals surface area contributed by atoms with E-state index in [1.807, 2.05) is 0 Å². The number of rotatable bonds is 2. The molecule has 0 saturated carbocycles. The smallest absolute Gasteiger partial charge is 0.354 e. The van der Waals surface area contributed by atoms with E-state index in [4.69, 9.17) is 5.11 Å². The highest BCUT2D eigenvalue weighted by Gasteiger charge is 2.13.